The topological polar surface area (TPSA) is 12.0 Å². The average molecular weight is 265 g/mol. The third kappa shape index (κ3) is 4.48. The maximum atomic E-state index is 3.85. The van der Waals surface area contributed by atoms with Crippen molar-refractivity contribution in [2.24, 2.45) is 23.2 Å². The van der Waals surface area contributed by atoms with Crippen LogP contribution in [0.2, 0.25) is 0 Å². The summed E-state index contributed by atoms with van der Waals surface area (Å²) >= 11 is 0. The first kappa shape index (κ1) is 15.4. The summed E-state index contributed by atoms with van der Waals surface area (Å²) in [5.41, 5.74) is 0.523. The maximum absolute atomic E-state index is 3.85. The van der Waals surface area contributed by atoms with Crippen LogP contribution >= 0.6 is 0 Å². The summed E-state index contributed by atoms with van der Waals surface area (Å²) in [7, 11) is 0. The van der Waals surface area contributed by atoms with Crippen LogP contribution in [0.25, 0.3) is 0 Å². The van der Waals surface area contributed by atoms with Gasteiger partial charge in [-0.05, 0) is 75.2 Å². The van der Waals surface area contributed by atoms with E-state index in [-0.39, 0.29) is 0 Å². The van der Waals surface area contributed by atoms with Gasteiger partial charge in [0.05, 0.1) is 0 Å². The quantitative estimate of drug-likeness (QED) is 0.753. The minimum atomic E-state index is 0.523. The zero-order valence-corrected chi connectivity index (χ0v) is 13.7. The van der Waals surface area contributed by atoms with E-state index < -0.39 is 0 Å². The molecule has 2 aliphatic rings. The Labute approximate surface area is 120 Å². The normalized spacial score (nSPS) is 31.6. The molecule has 0 unspecified atom stereocenters. The number of nitrogens with one attached hydrogen (secondary N) is 1. The van der Waals surface area contributed by atoms with Crippen LogP contribution in [0.5, 0.6) is 0 Å². The van der Waals surface area contributed by atoms with E-state index in [2.05, 4.69) is 33.0 Å². The van der Waals surface area contributed by atoms with E-state index in [9.17, 15) is 0 Å². The standard InChI is InChI=1S/C18H35N/c1-14(16-7-5-6-8-16)19-13-15-9-11-17(12-10-15)18(2,3)4/h14-17,19H,5-13H2,1-4H3/t14-,15?,17?/m1/s1. The molecule has 0 aliphatic heterocycles. The van der Waals surface area contributed by atoms with Crippen molar-refractivity contribution >= 4 is 0 Å². The van der Waals surface area contributed by atoms with Crippen molar-refractivity contribution in [1.82, 2.24) is 5.32 Å². The van der Waals surface area contributed by atoms with Crippen LogP contribution in [0, 0.1) is 23.2 Å². The van der Waals surface area contributed by atoms with Gasteiger partial charge in [-0.2, -0.15) is 0 Å². The molecule has 0 amide bonds. The molecule has 1 heteroatoms. The highest BCUT2D eigenvalue weighted by atomic mass is 14.9. The van der Waals surface area contributed by atoms with E-state index in [1.165, 1.54) is 57.9 Å². The molecule has 1 N–H and O–H groups in total. The highest BCUT2D eigenvalue weighted by Gasteiger charge is 2.30. The first-order valence-corrected chi connectivity index (χ1v) is 8.70. The molecule has 0 saturated heterocycles. The van der Waals surface area contributed by atoms with Gasteiger partial charge in [0.15, 0.2) is 0 Å². The largest absolute Gasteiger partial charge is 0.314 e. The summed E-state index contributed by atoms with van der Waals surface area (Å²) in [5, 5.41) is 3.85. The zero-order chi connectivity index (χ0) is 13.9. The van der Waals surface area contributed by atoms with Gasteiger partial charge in [-0.25, -0.2) is 0 Å². The second-order valence-electron chi connectivity index (χ2n) is 8.33. The monoisotopic (exact) mass is 265 g/mol. The van der Waals surface area contributed by atoms with E-state index >= 15 is 0 Å². The van der Waals surface area contributed by atoms with Crippen molar-refractivity contribution in [1.29, 1.82) is 0 Å². The Balaban J connectivity index is 1.65. The van der Waals surface area contributed by atoms with Crippen molar-refractivity contribution in [3.8, 4) is 0 Å². The molecule has 0 aromatic carbocycles. The van der Waals surface area contributed by atoms with Crippen molar-refractivity contribution in [2.45, 2.75) is 85.1 Å². The van der Waals surface area contributed by atoms with Crippen molar-refractivity contribution < 1.29 is 0 Å². The van der Waals surface area contributed by atoms with E-state index in [4.69, 9.17) is 0 Å². The van der Waals surface area contributed by atoms with E-state index in [1.807, 2.05) is 0 Å². The van der Waals surface area contributed by atoms with E-state index in [1.54, 1.807) is 0 Å². The Morgan fingerprint density at radius 3 is 2.05 bits per heavy atom. The fourth-order valence-corrected chi connectivity index (χ4v) is 4.21. The predicted molar refractivity (Wildman–Crippen MR) is 84.3 cm³/mol. The Kier molecular flexibility index (Phi) is 5.34. The second-order valence-corrected chi connectivity index (χ2v) is 8.33. The fourth-order valence-electron chi connectivity index (χ4n) is 4.21. The molecule has 2 saturated carbocycles. The molecular weight excluding hydrogens is 230 g/mol. The fraction of sp³-hybridized carbons (Fsp3) is 1.00. The lowest BCUT2D eigenvalue weighted by molar-refractivity contribution is 0.146. The highest BCUT2D eigenvalue weighted by molar-refractivity contribution is 4.83. The lowest BCUT2D eigenvalue weighted by atomic mass is 9.70. The van der Waals surface area contributed by atoms with Gasteiger partial charge in [0, 0.05) is 6.04 Å². The van der Waals surface area contributed by atoms with Gasteiger partial charge in [-0.15, -0.1) is 0 Å². The molecule has 1 atom stereocenters. The van der Waals surface area contributed by atoms with E-state index in [0.717, 1.165) is 23.8 Å². The molecule has 0 aromatic heterocycles. The molecule has 19 heavy (non-hydrogen) atoms. The lowest BCUT2D eigenvalue weighted by Gasteiger charge is -2.37. The van der Waals surface area contributed by atoms with Gasteiger partial charge in [0.25, 0.3) is 0 Å². The minimum Gasteiger partial charge on any atom is -0.314 e. The molecule has 0 radical (unpaired) electrons. The predicted octanol–water partition coefficient (Wildman–Crippen LogP) is 5.01. The molecule has 2 rings (SSSR count). The Hall–Kier alpha value is -0.0400. The molecule has 2 aliphatic carbocycles. The van der Waals surface area contributed by atoms with Crippen LogP contribution in [0.3, 0.4) is 0 Å². The molecule has 1 nitrogen and oxygen atoms in total. The Morgan fingerprint density at radius 1 is 0.947 bits per heavy atom. The molecule has 0 bridgehead atoms. The second kappa shape index (κ2) is 6.61. The molecule has 112 valence electrons. The summed E-state index contributed by atoms with van der Waals surface area (Å²) < 4.78 is 0. The first-order chi connectivity index (χ1) is 8.97. The zero-order valence-electron chi connectivity index (χ0n) is 13.7. The maximum Gasteiger partial charge on any atom is 0.00671 e. The van der Waals surface area contributed by atoms with Gasteiger partial charge >= 0.3 is 0 Å². The third-order valence-corrected chi connectivity index (χ3v) is 5.91. The number of hydrogen-bond donors (Lipinski definition) is 1. The van der Waals surface area contributed by atoms with E-state index in [0.29, 0.717) is 5.41 Å². The van der Waals surface area contributed by atoms with Gasteiger partial charge in [-0.1, -0.05) is 33.6 Å². The van der Waals surface area contributed by atoms with Crippen LogP contribution in [0.1, 0.15) is 79.1 Å². The van der Waals surface area contributed by atoms with Crippen LogP contribution < -0.4 is 5.32 Å². The summed E-state index contributed by atoms with van der Waals surface area (Å²) in [6.45, 7) is 10.9. The van der Waals surface area contributed by atoms with Crippen molar-refractivity contribution in [2.75, 3.05) is 6.54 Å². The number of hydrogen-bond acceptors (Lipinski definition) is 1. The van der Waals surface area contributed by atoms with Crippen LogP contribution in [0.4, 0.5) is 0 Å². The Morgan fingerprint density at radius 2 is 1.53 bits per heavy atom. The molecular formula is C18H35N. The summed E-state index contributed by atoms with van der Waals surface area (Å²) in [5.74, 6) is 2.87. The van der Waals surface area contributed by atoms with Gasteiger partial charge in [-0.3, -0.25) is 0 Å². The van der Waals surface area contributed by atoms with Gasteiger partial charge in [0.1, 0.15) is 0 Å². The van der Waals surface area contributed by atoms with Crippen LogP contribution in [-0.2, 0) is 0 Å². The van der Waals surface area contributed by atoms with Crippen molar-refractivity contribution in [3.05, 3.63) is 0 Å². The summed E-state index contributed by atoms with van der Waals surface area (Å²) in [6.07, 6.45) is 11.7. The average Bonchev–Trinajstić information content (AvgIpc) is 2.89. The lowest BCUT2D eigenvalue weighted by Crippen LogP contribution is -2.37. The Bertz CT molecular complexity index is 251. The third-order valence-electron chi connectivity index (χ3n) is 5.91. The SMILES string of the molecule is C[C@@H](NCC1CCC(C(C)(C)C)CC1)C1CCCC1. The molecule has 0 heterocycles. The molecule has 0 aromatic rings. The van der Waals surface area contributed by atoms with Crippen molar-refractivity contribution in [3.63, 3.8) is 0 Å². The first-order valence-electron chi connectivity index (χ1n) is 8.70. The van der Waals surface area contributed by atoms with Gasteiger partial charge in [0.2, 0.25) is 0 Å². The van der Waals surface area contributed by atoms with Crippen LogP contribution in [-0.4, -0.2) is 12.6 Å². The summed E-state index contributed by atoms with van der Waals surface area (Å²) in [6, 6.07) is 0.753. The smallest absolute Gasteiger partial charge is 0.00671 e. The van der Waals surface area contributed by atoms with Crippen LogP contribution in [0.15, 0.2) is 0 Å². The summed E-state index contributed by atoms with van der Waals surface area (Å²) in [4.78, 5) is 0. The molecule has 2 fully saturated rings. The number of rotatable bonds is 4. The molecule has 0 spiro atoms. The van der Waals surface area contributed by atoms with Gasteiger partial charge < -0.3 is 5.32 Å². The minimum absolute atomic E-state index is 0.523. The highest BCUT2D eigenvalue weighted by Crippen LogP contribution is 2.39.